The van der Waals surface area contributed by atoms with Crippen LogP contribution in [0.1, 0.15) is 27.9 Å². The molecule has 152 valence electrons. The van der Waals surface area contributed by atoms with E-state index >= 15 is 0 Å². The standard InChI is InChI=1S/C22H23N3O3.ClH/c1-15-20(28-21(24-15)16-8-4-3-5-9-16)22(26)25-13-12-23-14-18(25)17-10-6-7-11-19(17)27-2;/h3-11,18,23H,12-14H2,1-2H3;1H. The lowest BCUT2D eigenvalue weighted by atomic mass is 10.0. The van der Waals surface area contributed by atoms with Gasteiger partial charge < -0.3 is 19.4 Å². The molecule has 29 heavy (non-hydrogen) atoms. The highest BCUT2D eigenvalue weighted by Crippen LogP contribution is 2.32. The third-order valence-corrected chi connectivity index (χ3v) is 5.01. The number of nitrogens with one attached hydrogen (secondary N) is 1. The quantitative estimate of drug-likeness (QED) is 0.703. The van der Waals surface area contributed by atoms with Crippen LogP contribution < -0.4 is 10.1 Å². The monoisotopic (exact) mass is 413 g/mol. The zero-order chi connectivity index (χ0) is 19.5. The average molecular weight is 414 g/mol. The maximum absolute atomic E-state index is 13.4. The van der Waals surface area contributed by atoms with Gasteiger partial charge in [-0.2, -0.15) is 0 Å². The second-order valence-electron chi connectivity index (χ2n) is 6.76. The number of carbonyl (C=O) groups is 1. The first-order valence-electron chi connectivity index (χ1n) is 9.36. The lowest BCUT2D eigenvalue weighted by Crippen LogP contribution is -2.48. The zero-order valence-electron chi connectivity index (χ0n) is 16.4. The number of piperazine rings is 1. The van der Waals surface area contributed by atoms with Crippen molar-refractivity contribution in [3.8, 4) is 17.2 Å². The van der Waals surface area contributed by atoms with Gasteiger partial charge in [0.1, 0.15) is 5.75 Å². The number of aromatic nitrogens is 1. The normalized spacial score (nSPS) is 16.2. The number of carbonyl (C=O) groups excluding carboxylic acids is 1. The summed E-state index contributed by atoms with van der Waals surface area (Å²) in [4.78, 5) is 19.7. The maximum atomic E-state index is 13.4. The fourth-order valence-electron chi connectivity index (χ4n) is 3.60. The molecule has 1 aliphatic heterocycles. The average Bonchev–Trinajstić information content (AvgIpc) is 3.15. The van der Waals surface area contributed by atoms with Crippen LogP contribution in [0.2, 0.25) is 0 Å². The lowest BCUT2D eigenvalue weighted by molar-refractivity contribution is 0.0599. The number of benzene rings is 2. The van der Waals surface area contributed by atoms with Gasteiger partial charge in [-0.25, -0.2) is 4.98 Å². The van der Waals surface area contributed by atoms with Crippen LogP contribution in [-0.4, -0.2) is 42.5 Å². The van der Waals surface area contributed by atoms with Crippen LogP contribution in [0, 0.1) is 6.92 Å². The molecule has 1 amide bonds. The molecule has 2 heterocycles. The van der Waals surface area contributed by atoms with E-state index < -0.39 is 0 Å². The molecule has 4 rings (SSSR count). The van der Waals surface area contributed by atoms with Crippen molar-refractivity contribution in [3.63, 3.8) is 0 Å². The van der Waals surface area contributed by atoms with Gasteiger partial charge in [-0.15, -0.1) is 12.4 Å². The maximum Gasteiger partial charge on any atom is 0.292 e. The molecule has 1 N–H and O–H groups in total. The van der Waals surface area contributed by atoms with Crippen LogP contribution in [-0.2, 0) is 0 Å². The Hall–Kier alpha value is -2.83. The van der Waals surface area contributed by atoms with Gasteiger partial charge in [0.05, 0.1) is 18.8 Å². The number of hydrogen-bond acceptors (Lipinski definition) is 5. The summed E-state index contributed by atoms with van der Waals surface area (Å²) in [6, 6.07) is 17.3. The number of halogens is 1. The molecule has 0 spiro atoms. The first-order valence-corrected chi connectivity index (χ1v) is 9.36. The van der Waals surface area contributed by atoms with Gasteiger partial charge in [-0.3, -0.25) is 4.79 Å². The number of amides is 1. The summed E-state index contributed by atoms with van der Waals surface area (Å²) >= 11 is 0. The van der Waals surface area contributed by atoms with Gasteiger partial charge >= 0.3 is 0 Å². The van der Waals surface area contributed by atoms with E-state index in [2.05, 4.69) is 10.3 Å². The molecule has 3 aromatic rings. The second-order valence-corrected chi connectivity index (χ2v) is 6.76. The van der Waals surface area contributed by atoms with E-state index in [1.807, 2.05) is 66.4 Å². The Labute approximate surface area is 176 Å². The number of para-hydroxylation sites is 1. The van der Waals surface area contributed by atoms with Gasteiger partial charge in [0, 0.05) is 30.8 Å². The Morgan fingerprint density at radius 3 is 2.66 bits per heavy atom. The van der Waals surface area contributed by atoms with Crippen LogP contribution in [0.25, 0.3) is 11.5 Å². The smallest absolute Gasteiger partial charge is 0.292 e. The first-order chi connectivity index (χ1) is 13.7. The molecule has 0 aliphatic carbocycles. The van der Waals surface area contributed by atoms with Crippen molar-refractivity contribution in [1.82, 2.24) is 15.2 Å². The first kappa shape index (κ1) is 20.9. The van der Waals surface area contributed by atoms with E-state index in [1.165, 1.54) is 0 Å². The molecule has 1 unspecified atom stereocenters. The van der Waals surface area contributed by atoms with Gasteiger partial charge in [0.2, 0.25) is 11.7 Å². The van der Waals surface area contributed by atoms with Gasteiger partial charge in [0.15, 0.2) is 0 Å². The van der Waals surface area contributed by atoms with Crippen molar-refractivity contribution in [2.45, 2.75) is 13.0 Å². The largest absolute Gasteiger partial charge is 0.496 e. The van der Waals surface area contributed by atoms with E-state index in [-0.39, 0.29) is 24.4 Å². The minimum Gasteiger partial charge on any atom is -0.496 e. The lowest BCUT2D eigenvalue weighted by Gasteiger charge is -2.36. The van der Waals surface area contributed by atoms with E-state index in [0.29, 0.717) is 30.4 Å². The zero-order valence-corrected chi connectivity index (χ0v) is 17.2. The predicted octanol–water partition coefficient (Wildman–Crippen LogP) is 3.87. The molecule has 2 aromatic carbocycles. The number of methoxy groups -OCH3 is 1. The van der Waals surface area contributed by atoms with Gasteiger partial charge in [0.25, 0.3) is 5.91 Å². The number of rotatable bonds is 4. The Morgan fingerprint density at radius 2 is 1.90 bits per heavy atom. The number of aryl methyl sites for hydroxylation is 1. The molecule has 7 heteroatoms. The Kier molecular flexibility index (Phi) is 6.56. The Bertz CT molecular complexity index is 974. The summed E-state index contributed by atoms with van der Waals surface area (Å²) in [5.74, 6) is 1.38. The molecule has 1 atom stereocenters. The molecule has 0 bridgehead atoms. The van der Waals surface area contributed by atoms with Crippen molar-refractivity contribution in [2.24, 2.45) is 0 Å². The van der Waals surface area contributed by atoms with Gasteiger partial charge in [-0.1, -0.05) is 36.4 Å². The summed E-state index contributed by atoms with van der Waals surface area (Å²) in [6.07, 6.45) is 0. The summed E-state index contributed by atoms with van der Waals surface area (Å²) in [5, 5.41) is 3.37. The fourth-order valence-corrected chi connectivity index (χ4v) is 3.60. The van der Waals surface area contributed by atoms with Crippen LogP contribution >= 0.6 is 12.4 Å². The number of oxazole rings is 1. The van der Waals surface area contributed by atoms with Crippen molar-refractivity contribution >= 4 is 18.3 Å². The fraction of sp³-hybridized carbons (Fsp3) is 0.273. The summed E-state index contributed by atoms with van der Waals surface area (Å²) in [6.45, 7) is 3.78. The van der Waals surface area contributed by atoms with E-state index in [1.54, 1.807) is 7.11 Å². The summed E-state index contributed by atoms with van der Waals surface area (Å²) in [7, 11) is 1.65. The molecule has 1 aliphatic rings. The minimum atomic E-state index is -0.149. The van der Waals surface area contributed by atoms with Crippen LogP contribution in [0.15, 0.2) is 59.0 Å². The molecule has 0 radical (unpaired) electrons. The molecule has 6 nitrogen and oxygen atoms in total. The van der Waals surface area contributed by atoms with E-state index in [4.69, 9.17) is 9.15 Å². The highest BCUT2D eigenvalue weighted by molar-refractivity contribution is 5.93. The SMILES string of the molecule is COc1ccccc1C1CNCCN1C(=O)c1oc(-c2ccccc2)nc1C.Cl. The van der Waals surface area contributed by atoms with Crippen molar-refractivity contribution in [1.29, 1.82) is 0 Å². The van der Waals surface area contributed by atoms with Crippen LogP contribution in [0.3, 0.4) is 0 Å². The van der Waals surface area contributed by atoms with E-state index in [0.717, 1.165) is 23.4 Å². The third kappa shape index (κ3) is 4.13. The molecule has 1 fully saturated rings. The molecule has 1 saturated heterocycles. The van der Waals surface area contributed by atoms with Crippen molar-refractivity contribution < 1.29 is 13.9 Å². The summed E-state index contributed by atoms with van der Waals surface area (Å²) in [5.41, 5.74) is 2.43. The molecular weight excluding hydrogens is 390 g/mol. The topological polar surface area (TPSA) is 67.6 Å². The van der Waals surface area contributed by atoms with Crippen LogP contribution in [0.5, 0.6) is 5.75 Å². The highest BCUT2D eigenvalue weighted by Gasteiger charge is 2.33. The number of hydrogen-bond donors (Lipinski definition) is 1. The Balaban J connectivity index is 0.00000240. The van der Waals surface area contributed by atoms with Crippen molar-refractivity contribution in [2.75, 3.05) is 26.7 Å². The van der Waals surface area contributed by atoms with Crippen molar-refractivity contribution in [3.05, 3.63) is 71.6 Å². The number of ether oxygens (including phenoxy) is 1. The van der Waals surface area contributed by atoms with Gasteiger partial charge in [-0.05, 0) is 25.1 Å². The molecule has 0 saturated carbocycles. The highest BCUT2D eigenvalue weighted by atomic mass is 35.5. The Morgan fingerprint density at radius 1 is 1.17 bits per heavy atom. The minimum absolute atomic E-state index is 0. The molecule has 1 aromatic heterocycles. The summed E-state index contributed by atoms with van der Waals surface area (Å²) < 4.78 is 11.4. The second kappa shape index (κ2) is 9.11. The third-order valence-electron chi connectivity index (χ3n) is 5.01. The number of nitrogens with zero attached hydrogens (tertiary/aromatic N) is 2. The predicted molar refractivity (Wildman–Crippen MR) is 114 cm³/mol. The van der Waals surface area contributed by atoms with Crippen LogP contribution in [0.4, 0.5) is 0 Å². The molecular formula is C22H24ClN3O3. The van der Waals surface area contributed by atoms with E-state index in [9.17, 15) is 4.79 Å².